The van der Waals surface area contributed by atoms with E-state index in [0.717, 1.165) is 15.7 Å². The van der Waals surface area contributed by atoms with Crippen LogP contribution < -0.4 is 5.32 Å². The molecular weight excluding hydrogens is 356 g/mol. The molecule has 1 heterocycles. The van der Waals surface area contributed by atoms with Gasteiger partial charge in [0, 0.05) is 10.0 Å². The molecule has 1 unspecified atom stereocenters. The van der Waals surface area contributed by atoms with Crippen LogP contribution in [0.4, 0.5) is 0 Å². The highest BCUT2D eigenvalue weighted by Gasteiger charge is 2.12. The van der Waals surface area contributed by atoms with E-state index < -0.39 is 0 Å². The molecule has 1 N–H and O–H groups in total. The Morgan fingerprint density at radius 2 is 2.00 bits per heavy atom. The van der Waals surface area contributed by atoms with Gasteiger partial charge in [0.15, 0.2) is 0 Å². The van der Waals surface area contributed by atoms with Crippen LogP contribution in [0.3, 0.4) is 0 Å². The number of nitrogens with one attached hydrogen (secondary N) is 1. The van der Waals surface area contributed by atoms with Crippen LogP contribution in [-0.2, 0) is 0 Å². The lowest BCUT2D eigenvalue weighted by Gasteiger charge is -2.15. The highest BCUT2D eigenvalue weighted by molar-refractivity contribution is 9.10. The van der Waals surface area contributed by atoms with Gasteiger partial charge in [0.1, 0.15) is 12.7 Å². The van der Waals surface area contributed by atoms with Crippen molar-refractivity contribution >= 4 is 21.8 Å². The van der Waals surface area contributed by atoms with Crippen LogP contribution in [0.2, 0.25) is 0 Å². The fraction of sp³-hybridized carbons (Fsp3) is 0.118. The lowest BCUT2D eigenvalue weighted by Crippen LogP contribution is -2.26. The quantitative estimate of drug-likeness (QED) is 0.764. The van der Waals surface area contributed by atoms with Crippen molar-refractivity contribution in [3.63, 3.8) is 0 Å². The summed E-state index contributed by atoms with van der Waals surface area (Å²) in [6, 6.07) is 15.1. The molecule has 2 aromatic carbocycles. The molecule has 0 saturated heterocycles. The van der Waals surface area contributed by atoms with Gasteiger partial charge in [-0.05, 0) is 48.9 Å². The summed E-state index contributed by atoms with van der Waals surface area (Å²) in [4.78, 5) is 16.3. The van der Waals surface area contributed by atoms with Crippen molar-refractivity contribution in [3.05, 3.63) is 76.8 Å². The standard InChI is InChI=1S/C17H15BrN4O/c1-12(14-3-2-4-15(18)9-14)21-17(23)13-5-7-16(8-6-13)22-11-19-10-20-22/h2-12H,1H3,(H,21,23). The van der Waals surface area contributed by atoms with Crippen LogP contribution in [-0.4, -0.2) is 20.7 Å². The van der Waals surface area contributed by atoms with E-state index in [1.807, 2.05) is 43.3 Å². The summed E-state index contributed by atoms with van der Waals surface area (Å²) < 4.78 is 2.64. The third-order valence-corrected chi connectivity index (χ3v) is 4.00. The third kappa shape index (κ3) is 3.65. The van der Waals surface area contributed by atoms with E-state index in [2.05, 4.69) is 31.3 Å². The number of amides is 1. The first kappa shape index (κ1) is 15.4. The van der Waals surface area contributed by atoms with Crippen LogP contribution >= 0.6 is 15.9 Å². The van der Waals surface area contributed by atoms with Crippen LogP contribution in [0.15, 0.2) is 65.7 Å². The van der Waals surface area contributed by atoms with Crippen molar-refractivity contribution in [2.75, 3.05) is 0 Å². The Bertz CT molecular complexity index is 800. The van der Waals surface area contributed by atoms with E-state index in [-0.39, 0.29) is 11.9 Å². The Balaban J connectivity index is 1.71. The summed E-state index contributed by atoms with van der Waals surface area (Å²) in [5, 5.41) is 7.06. The first-order valence-electron chi connectivity index (χ1n) is 7.15. The van der Waals surface area contributed by atoms with E-state index in [9.17, 15) is 4.79 Å². The minimum atomic E-state index is -0.109. The third-order valence-electron chi connectivity index (χ3n) is 3.51. The molecule has 1 amide bonds. The van der Waals surface area contributed by atoms with Gasteiger partial charge in [-0.15, -0.1) is 0 Å². The average Bonchev–Trinajstić information content (AvgIpc) is 3.09. The minimum absolute atomic E-state index is 0.0741. The van der Waals surface area contributed by atoms with Crippen LogP contribution in [0, 0.1) is 0 Å². The Kier molecular flexibility index (Phi) is 4.52. The maximum absolute atomic E-state index is 12.4. The van der Waals surface area contributed by atoms with Crippen LogP contribution in [0.25, 0.3) is 5.69 Å². The number of benzene rings is 2. The second kappa shape index (κ2) is 6.75. The van der Waals surface area contributed by atoms with Crippen molar-refractivity contribution in [1.82, 2.24) is 20.1 Å². The van der Waals surface area contributed by atoms with Crippen molar-refractivity contribution in [3.8, 4) is 5.69 Å². The maximum Gasteiger partial charge on any atom is 0.251 e. The molecule has 1 aromatic heterocycles. The normalized spacial score (nSPS) is 11.9. The molecule has 0 aliphatic carbocycles. The molecule has 0 bridgehead atoms. The summed E-state index contributed by atoms with van der Waals surface area (Å²) in [7, 11) is 0. The van der Waals surface area contributed by atoms with Gasteiger partial charge in [-0.2, -0.15) is 5.10 Å². The lowest BCUT2D eigenvalue weighted by molar-refractivity contribution is 0.0940. The van der Waals surface area contributed by atoms with Crippen LogP contribution in [0.1, 0.15) is 28.9 Å². The Hall–Kier alpha value is -2.47. The number of nitrogens with zero attached hydrogens (tertiary/aromatic N) is 3. The molecule has 23 heavy (non-hydrogen) atoms. The SMILES string of the molecule is CC(NC(=O)c1ccc(-n2cncn2)cc1)c1cccc(Br)c1. The number of carbonyl (C=O) groups excluding carboxylic acids is 1. The monoisotopic (exact) mass is 370 g/mol. The topological polar surface area (TPSA) is 59.8 Å². The van der Waals surface area contributed by atoms with Gasteiger partial charge in [0.25, 0.3) is 5.91 Å². The zero-order chi connectivity index (χ0) is 16.2. The zero-order valence-corrected chi connectivity index (χ0v) is 14.1. The Morgan fingerprint density at radius 3 is 2.65 bits per heavy atom. The van der Waals surface area contributed by atoms with E-state index in [4.69, 9.17) is 0 Å². The fourth-order valence-electron chi connectivity index (χ4n) is 2.25. The Labute approximate surface area is 142 Å². The predicted molar refractivity (Wildman–Crippen MR) is 91.4 cm³/mol. The molecule has 3 rings (SSSR count). The average molecular weight is 371 g/mol. The molecule has 0 aliphatic rings. The van der Waals surface area contributed by atoms with Gasteiger partial charge in [-0.25, -0.2) is 9.67 Å². The largest absolute Gasteiger partial charge is 0.346 e. The van der Waals surface area contributed by atoms with Crippen molar-refractivity contribution in [2.24, 2.45) is 0 Å². The van der Waals surface area contributed by atoms with Crippen molar-refractivity contribution in [2.45, 2.75) is 13.0 Å². The fourth-order valence-corrected chi connectivity index (χ4v) is 2.66. The second-order valence-corrected chi connectivity index (χ2v) is 6.05. The van der Waals surface area contributed by atoms with Crippen molar-refractivity contribution in [1.29, 1.82) is 0 Å². The summed E-state index contributed by atoms with van der Waals surface area (Å²) in [6.45, 7) is 1.96. The lowest BCUT2D eigenvalue weighted by atomic mass is 10.1. The highest BCUT2D eigenvalue weighted by atomic mass is 79.9. The summed E-state index contributed by atoms with van der Waals surface area (Å²) in [5.41, 5.74) is 2.52. The van der Waals surface area contributed by atoms with Gasteiger partial charge in [0.05, 0.1) is 11.7 Å². The minimum Gasteiger partial charge on any atom is -0.346 e. The molecule has 5 nitrogen and oxygen atoms in total. The highest BCUT2D eigenvalue weighted by Crippen LogP contribution is 2.18. The molecule has 0 saturated carbocycles. The summed E-state index contributed by atoms with van der Waals surface area (Å²) >= 11 is 3.44. The van der Waals surface area contributed by atoms with E-state index >= 15 is 0 Å². The second-order valence-electron chi connectivity index (χ2n) is 5.14. The first-order chi connectivity index (χ1) is 11.1. The molecular formula is C17H15BrN4O. The molecule has 1 atom stereocenters. The number of halogens is 1. The molecule has 0 spiro atoms. The first-order valence-corrected chi connectivity index (χ1v) is 7.94. The summed E-state index contributed by atoms with van der Waals surface area (Å²) in [6.07, 6.45) is 3.09. The number of carbonyl (C=O) groups is 1. The van der Waals surface area contributed by atoms with Crippen LogP contribution in [0.5, 0.6) is 0 Å². The molecule has 116 valence electrons. The number of hydrogen-bond acceptors (Lipinski definition) is 3. The molecule has 3 aromatic rings. The molecule has 0 aliphatic heterocycles. The molecule has 6 heteroatoms. The van der Waals surface area contributed by atoms with Gasteiger partial charge >= 0.3 is 0 Å². The summed E-state index contributed by atoms with van der Waals surface area (Å²) in [5.74, 6) is -0.109. The van der Waals surface area contributed by atoms with Gasteiger partial charge in [-0.1, -0.05) is 28.1 Å². The van der Waals surface area contributed by atoms with Gasteiger partial charge in [0.2, 0.25) is 0 Å². The van der Waals surface area contributed by atoms with E-state index in [0.29, 0.717) is 5.56 Å². The smallest absolute Gasteiger partial charge is 0.251 e. The predicted octanol–water partition coefficient (Wildman–Crippen LogP) is 3.52. The Morgan fingerprint density at radius 1 is 1.22 bits per heavy atom. The van der Waals surface area contributed by atoms with Gasteiger partial charge in [-0.3, -0.25) is 4.79 Å². The molecule has 0 radical (unpaired) electrons. The molecule has 0 fully saturated rings. The van der Waals surface area contributed by atoms with Gasteiger partial charge < -0.3 is 5.32 Å². The number of rotatable bonds is 4. The zero-order valence-electron chi connectivity index (χ0n) is 12.5. The van der Waals surface area contributed by atoms with E-state index in [1.54, 1.807) is 23.1 Å². The maximum atomic E-state index is 12.4. The van der Waals surface area contributed by atoms with Crippen molar-refractivity contribution < 1.29 is 4.79 Å². The number of aromatic nitrogens is 3. The van der Waals surface area contributed by atoms with E-state index in [1.165, 1.54) is 6.33 Å². The number of hydrogen-bond donors (Lipinski definition) is 1.